The zero-order chi connectivity index (χ0) is 19.9. The predicted octanol–water partition coefficient (Wildman–Crippen LogP) is 2.34. The summed E-state index contributed by atoms with van der Waals surface area (Å²) in [6.45, 7) is 1.87. The van der Waals surface area contributed by atoms with E-state index in [1.54, 1.807) is 14.2 Å². The van der Waals surface area contributed by atoms with Gasteiger partial charge in [-0.2, -0.15) is 5.10 Å². The number of nitrogens with zero attached hydrogens (tertiary/aromatic N) is 2. The largest absolute Gasteiger partial charge is 0.497 e. The van der Waals surface area contributed by atoms with Gasteiger partial charge in [-0.1, -0.05) is 18.6 Å². The number of aromatic nitrogens is 3. The Morgan fingerprint density at radius 1 is 1.46 bits per heavy atom. The smallest absolute Gasteiger partial charge is 0.343 e. The van der Waals surface area contributed by atoms with Crippen LogP contribution in [0.4, 0.5) is 0 Å². The van der Waals surface area contributed by atoms with E-state index in [2.05, 4.69) is 21.6 Å². The quantitative estimate of drug-likeness (QED) is 0.800. The molecule has 2 saturated carbocycles. The van der Waals surface area contributed by atoms with Crippen LogP contribution in [0, 0.1) is 17.3 Å². The molecule has 4 atom stereocenters. The van der Waals surface area contributed by atoms with Gasteiger partial charge in [-0.15, -0.1) is 0 Å². The van der Waals surface area contributed by atoms with Crippen LogP contribution in [0.25, 0.3) is 0 Å². The number of amides is 1. The van der Waals surface area contributed by atoms with Crippen molar-refractivity contribution in [2.45, 2.75) is 45.1 Å². The second kappa shape index (κ2) is 7.11. The van der Waals surface area contributed by atoms with E-state index >= 15 is 0 Å². The van der Waals surface area contributed by atoms with Crippen LogP contribution in [-0.4, -0.2) is 27.8 Å². The molecule has 2 aromatic rings. The minimum atomic E-state index is -0.404. The summed E-state index contributed by atoms with van der Waals surface area (Å²) >= 11 is 0. The first-order chi connectivity index (χ1) is 13.4. The minimum Gasteiger partial charge on any atom is -0.497 e. The van der Waals surface area contributed by atoms with Crippen molar-refractivity contribution in [1.29, 1.82) is 0 Å². The van der Waals surface area contributed by atoms with Gasteiger partial charge >= 0.3 is 5.69 Å². The molecule has 1 aromatic heterocycles. The summed E-state index contributed by atoms with van der Waals surface area (Å²) in [4.78, 5) is 25.2. The van der Waals surface area contributed by atoms with Crippen molar-refractivity contribution in [3.8, 4) is 5.75 Å². The number of carbonyl (C=O) groups excluding carboxylic acids is 1. The fourth-order valence-corrected chi connectivity index (χ4v) is 5.32. The number of ether oxygens (including phenoxy) is 1. The fraction of sp³-hybridized carbons (Fsp3) is 0.571. The molecule has 28 heavy (non-hydrogen) atoms. The van der Waals surface area contributed by atoms with Crippen LogP contribution in [0.2, 0.25) is 0 Å². The Hall–Kier alpha value is -2.57. The SMILES string of the molecule is COc1cccc(CC2(C(=O)NC(C)c3n[nH]c(=O)n3C)CC3CCC2C3)c1. The monoisotopic (exact) mass is 384 g/mol. The van der Waals surface area contributed by atoms with Crippen molar-refractivity contribution in [3.05, 3.63) is 46.1 Å². The second-order valence-electron chi connectivity index (χ2n) is 8.41. The average molecular weight is 384 g/mol. The van der Waals surface area contributed by atoms with Gasteiger partial charge in [-0.25, -0.2) is 9.89 Å². The van der Waals surface area contributed by atoms with Gasteiger partial charge in [0.2, 0.25) is 5.91 Å². The van der Waals surface area contributed by atoms with Crippen LogP contribution in [0.5, 0.6) is 5.75 Å². The summed E-state index contributed by atoms with van der Waals surface area (Å²) in [5.74, 6) is 2.46. The van der Waals surface area contributed by atoms with E-state index in [9.17, 15) is 9.59 Å². The van der Waals surface area contributed by atoms with E-state index in [0.29, 0.717) is 24.1 Å². The summed E-state index contributed by atoms with van der Waals surface area (Å²) in [7, 11) is 3.32. The predicted molar refractivity (Wildman–Crippen MR) is 105 cm³/mol. The summed E-state index contributed by atoms with van der Waals surface area (Å²) in [5.41, 5.74) is 0.447. The van der Waals surface area contributed by atoms with Gasteiger partial charge in [0.15, 0.2) is 5.82 Å². The third-order valence-corrected chi connectivity index (χ3v) is 6.73. The van der Waals surface area contributed by atoms with Crippen LogP contribution in [0.3, 0.4) is 0 Å². The number of nitrogens with one attached hydrogen (secondary N) is 2. The molecule has 0 aliphatic heterocycles. The lowest BCUT2D eigenvalue weighted by atomic mass is 9.68. The van der Waals surface area contributed by atoms with Gasteiger partial charge in [0.05, 0.1) is 18.6 Å². The first-order valence-electron chi connectivity index (χ1n) is 9.98. The molecule has 1 heterocycles. The fourth-order valence-electron chi connectivity index (χ4n) is 5.32. The Balaban J connectivity index is 1.60. The molecule has 2 fully saturated rings. The average Bonchev–Trinajstić information content (AvgIpc) is 3.38. The van der Waals surface area contributed by atoms with Crippen molar-refractivity contribution < 1.29 is 9.53 Å². The molecule has 2 aliphatic carbocycles. The van der Waals surface area contributed by atoms with Crippen molar-refractivity contribution in [1.82, 2.24) is 20.1 Å². The van der Waals surface area contributed by atoms with Gasteiger partial charge in [0, 0.05) is 7.05 Å². The third-order valence-electron chi connectivity index (χ3n) is 6.73. The molecule has 0 saturated heterocycles. The molecular weight excluding hydrogens is 356 g/mol. The number of rotatable bonds is 6. The van der Waals surface area contributed by atoms with Crippen LogP contribution >= 0.6 is 0 Å². The molecule has 2 aliphatic rings. The Kier molecular flexibility index (Phi) is 4.77. The zero-order valence-corrected chi connectivity index (χ0v) is 16.7. The number of hydrogen-bond donors (Lipinski definition) is 2. The molecule has 2 N–H and O–H groups in total. The van der Waals surface area contributed by atoms with Crippen molar-refractivity contribution in [3.63, 3.8) is 0 Å². The normalized spacial score (nSPS) is 27.0. The summed E-state index contributed by atoms with van der Waals surface area (Å²) in [5, 5.41) is 9.66. The first kappa shape index (κ1) is 18.8. The molecule has 150 valence electrons. The molecule has 4 unspecified atom stereocenters. The maximum absolute atomic E-state index is 13.6. The molecule has 7 heteroatoms. The van der Waals surface area contributed by atoms with Gasteiger partial charge < -0.3 is 10.1 Å². The highest BCUT2D eigenvalue weighted by Gasteiger charge is 2.55. The van der Waals surface area contributed by atoms with E-state index < -0.39 is 5.41 Å². The molecule has 1 amide bonds. The summed E-state index contributed by atoms with van der Waals surface area (Å²) < 4.78 is 6.81. The number of hydrogen-bond acceptors (Lipinski definition) is 4. The van der Waals surface area contributed by atoms with Gasteiger partial charge in [-0.05, 0) is 62.1 Å². The van der Waals surface area contributed by atoms with Gasteiger partial charge in [0.1, 0.15) is 5.75 Å². The number of methoxy groups -OCH3 is 1. The summed E-state index contributed by atoms with van der Waals surface area (Å²) in [6.07, 6.45) is 5.10. The summed E-state index contributed by atoms with van der Waals surface area (Å²) in [6, 6.07) is 7.68. The molecule has 4 rings (SSSR count). The molecule has 1 aromatic carbocycles. The molecule has 2 bridgehead atoms. The van der Waals surface area contributed by atoms with Gasteiger partial charge in [0.25, 0.3) is 0 Å². The molecule has 0 radical (unpaired) electrons. The highest BCUT2D eigenvalue weighted by molar-refractivity contribution is 5.84. The van der Waals surface area contributed by atoms with Gasteiger partial charge in [-0.3, -0.25) is 9.36 Å². The molecule has 7 nitrogen and oxygen atoms in total. The van der Waals surface area contributed by atoms with E-state index in [0.717, 1.165) is 30.6 Å². The third kappa shape index (κ3) is 3.12. The second-order valence-corrected chi connectivity index (χ2v) is 8.41. The highest BCUT2D eigenvalue weighted by Crippen LogP contribution is 2.57. The molecule has 0 spiro atoms. The number of carbonyl (C=O) groups is 1. The Morgan fingerprint density at radius 3 is 2.89 bits per heavy atom. The number of H-pyrrole nitrogens is 1. The van der Waals surface area contributed by atoms with Crippen molar-refractivity contribution >= 4 is 5.91 Å². The van der Waals surface area contributed by atoms with Crippen LogP contribution < -0.4 is 15.7 Å². The first-order valence-corrected chi connectivity index (χ1v) is 9.98. The maximum Gasteiger partial charge on any atom is 0.343 e. The van der Waals surface area contributed by atoms with E-state index in [1.807, 2.05) is 25.1 Å². The molecular formula is C21H28N4O3. The van der Waals surface area contributed by atoms with Crippen molar-refractivity contribution in [2.24, 2.45) is 24.3 Å². The zero-order valence-electron chi connectivity index (χ0n) is 16.7. The number of aromatic amines is 1. The van der Waals surface area contributed by atoms with E-state index in [1.165, 1.54) is 11.0 Å². The van der Waals surface area contributed by atoms with Crippen molar-refractivity contribution in [2.75, 3.05) is 7.11 Å². The maximum atomic E-state index is 13.6. The lowest BCUT2D eigenvalue weighted by Crippen LogP contribution is -2.47. The van der Waals surface area contributed by atoms with E-state index in [4.69, 9.17) is 4.74 Å². The van der Waals surface area contributed by atoms with E-state index in [-0.39, 0.29) is 17.6 Å². The van der Waals surface area contributed by atoms with Crippen LogP contribution in [0.15, 0.2) is 29.1 Å². The number of fused-ring (bicyclic) bond motifs is 2. The lowest BCUT2D eigenvalue weighted by molar-refractivity contribution is -0.135. The lowest BCUT2D eigenvalue weighted by Gasteiger charge is -2.37. The van der Waals surface area contributed by atoms with Crippen LogP contribution in [-0.2, 0) is 18.3 Å². The minimum absolute atomic E-state index is 0.0745. The standard InChI is InChI=1S/C21H28N4O3/c1-13(18-23-24-20(27)25(18)2)22-19(26)21(12-15-7-8-16(21)9-15)11-14-5-4-6-17(10-14)28-3/h4-6,10,13,15-16H,7-9,11-12H2,1-3H3,(H,22,26)(H,24,27). The Morgan fingerprint density at radius 2 is 2.29 bits per heavy atom. The highest BCUT2D eigenvalue weighted by atomic mass is 16.5. The van der Waals surface area contributed by atoms with Crippen LogP contribution in [0.1, 0.15) is 50.0 Å². The Bertz CT molecular complexity index is 934. The Labute approximate surface area is 164 Å². The number of benzene rings is 1. The topological polar surface area (TPSA) is 89.0 Å².